The number of anilines is 1. The number of likely N-dealkylation sites (tertiary alicyclic amines) is 1. The summed E-state index contributed by atoms with van der Waals surface area (Å²) in [5.41, 5.74) is 8.62. The van der Waals surface area contributed by atoms with Crippen LogP contribution in [0.1, 0.15) is 36.3 Å². The Kier molecular flexibility index (Phi) is 7.38. The van der Waals surface area contributed by atoms with Gasteiger partial charge in [-0.1, -0.05) is 24.3 Å². The van der Waals surface area contributed by atoms with Crippen molar-refractivity contribution in [2.45, 2.75) is 25.2 Å². The van der Waals surface area contributed by atoms with E-state index in [-0.39, 0.29) is 17.6 Å². The highest BCUT2D eigenvalue weighted by molar-refractivity contribution is 5.41. The van der Waals surface area contributed by atoms with Crippen LogP contribution in [0.15, 0.2) is 72.8 Å². The van der Waals surface area contributed by atoms with Gasteiger partial charge >= 0.3 is 0 Å². The van der Waals surface area contributed by atoms with Crippen molar-refractivity contribution in [3.8, 4) is 5.75 Å². The van der Waals surface area contributed by atoms with Crippen LogP contribution in [-0.4, -0.2) is 31.1 Å². The Balaban J connectivity index is 1.32. The van der Waals surface area contributed by atoms with Gasteiger partial charge in [-0.3, -0.25) is 0 Å². The van der Waals surface area contributed by atoms with Gasteiger partial charge in [0.1, 0.15) is 17.4 Å². The Morgan fingerprint density at radius 3 is 1.88 bits per heavy atom. The summed E-state index contributed by atoms with van der Waals surface area (Å²) in [7, 11) is 0. The van der Waals surface area contributed by atoms with Crippen molar-refractivity contribution in [2.75, 3.05) is 32.0 Å². The average molecular weight is 437 g/mol. The van der Waals surface area contributed by atoms with Gasteiger partial charge in [0.2, 0.25) is 0 Å². The quantitative estimate of drug-likeness (QED) is 0.355. The van der Waals surface area contributed by atoms with Crippen molar-refractivity contribution in [1.82, 2.24) is 4.90 Å². The number of halogens is 2. The Bertz CT molecular complexity index is 921. The number of nitrogen functional groups attached to an aromatic ring is 1. The fourth-order valence-electron chi connectivity index (χ4n) is 4.63. The van der Waals surface area contributed by atoms with Gasteiger partial charge in [-0.05, 0) is 97.9 Å². The maximum atomic E-state index is 13.5. The first kappa shape index (κ1) is 22.3. The fraction of sp³-hybridized carbons (Fsp3) is 0.333. The number of benzene rings is 3. The minimum Gasteiger partial charge on any atom is -0.494 e. The summed E-state index contributed by atoms with van der Waals surface area (Å²) in [6.07, 6.45) is 3.07. The summed E-state index contributed by atoms with van der Waals surface area (Å²) in [6, 6.07) is 21.0. The van der Waals surface area contributed by atoms with Crippen LogP contribution >= 0.6 is 0 Å². The fourth-order valence-corrected chi connectivity index (χ4v) is 4.63. The lowest BCUT2D eigenvalue weighted by molar-refractivity contribution is 0.163. The number of nitrogens with zero attached hydrogens (tertiary/aromatic N) is 1. The summed E-state index contributed by atoms with van der Waals surface area (Å²) in [5, 5.41) is 0. The van der Waals surface area contributed by atoms with Gasteiger partial charge in [-0.15, -0.1) is 0 Å². The smallest absolute Gasteiger partial charge is 0.123 e. The molecule has 1 aliphatic heterocycles. The zero-order chi connectivity index (χ0) is 22.3. The van der Waals surface area contributed by atoms with Gasteiger partial charge in [0.25, 0.3) is 0 Å². The zero-order valence-electron chi connectivity index (χ0n) is 18.2. The predicted octanol–water partition coefficient (Wildman–Crippen LogP) is 5.86. The van der Waals surface area contributed by atoms with E-state index in [1.54, 1.807) is 0 Å². The molecule has 5 heteroatoms. The largest absolute Gasteiger partial charge is 0.494 e. The summed E-state index contributed by atoms with van der Waals surface area (Å²) in [6.45, 7) is 3.72. The van der Waals surface area contributed by atoms with Crippen LogP contribution in [0.5, 0.6) is 5.75 Å². The molecule has 1 saturated heterocycles. The van der Waals surface area contributed by atoms with Crippen molar-refractivity contribution < 1.29 is 13.5 Å². The number of rotatable bonds is 8. The lowest BCUT2D eigenvalue weighted by Gasteiger charge is -2.36. The normalized spacial score (nSPS) is 15.2. The SMILES string of the molecule is Nc1ccc(OCCCN2CCC(C(c3ccc(F)cc3)c3ccc(F)cc3)CC2)cc1. The highest BCUT2D eigenvalue weighted by Crippen LogP contribution is 2.38. The van der Waals surface area contributed by atoms with E-state index in [4.69, 9.17) is 10.5 Å². The molecule has 0 bridgehead atoms. The molecule has 0 unspecified atom stereocenters. The maximum Gasteiger partial charge on any atom is 0.123 e. The Labute approximate surface area is 188 Å². The molecule has 3 aromatic rings. The molecule has 1 heterocycles. The standard InChI is InChI=1S/C27H30F2N2O/c28-23-6-2-20(3-7-23)27(21-4-8-24(29)9-5-21)22-14-17-31(18-15-22)16-1-19-32-26-12-10-25(30)11-13-26/h2-13,22,27H,1,14-19,30H2. The van der Waals surface area contributed by atoms with E-state index in [1.807, 2.05) is 48.5 Å². The molecule has 4 rings (SSSR count). The van der Waals surface area contributed by atoms with Crippen LogP contribution in [0.25, 0.3) is 0 Å². The van der Waals surface area contributed by atoms with Crippen molar-refractivity contribution in [2.24, 2.45) is 5.92 Å². The Hall–Kier alpha value is -2.92. The zero-order valence-corrected chi connectivity index (χ0v) is 18.2. The van der Waals surface area contributed by atoms with Crippen LogP contribution < -0.4 is 10.5 Å². The van der Waals surface area contributed by atoms with E-state index in [1.165, 1.54) is 24.3 Å². The Morgan fingerprint density at radius 1 is 0.812 bits per heavy atom. The van der Waals surface area contributed by atoms with Crippen molar-refractivity contribution in [1.29, 1.82) is 0 Å². The molecule has 0 atom stereocenters. The molecule has 1 fully saturated rings. The minimum atomic E-state index is -0.234. The maximum absolute atomic E-state index is 13.5. The third-order valence-electron chi connectivity index (χ3n) is 6.33. The number of ether oxygens (including phenoxy) is 1. The molecule has 3 aromatic carbocycles. The molecular weight excluding hydrogens is 406 g/mol. The topological polar surface area (TPSA) is 38.5 Å². The van der Waals surface area contributed by atoms with Gasteiger partial charge in [-0.25, -0.2) is 8.78 Å². The highest BCUT2D eigenvalue weighted by Gasteiger charge is 2.29. The number of hydrogen-bond acceptors (Lipinski definition) is 3. The number of hydrogen-bond donors (Lipinski definition) is 1. The minimum absolute atomic E-state index is 0.146. The van der Waals surface area contributed by atoms with E-state index in [0.29, 0.717) is 12.5 Å². The molecule has 1 aliphatic rings. The van der Waals surface area contributed by atoms with Crippen LogP contribution in [0.3, 0.4) is 0 Å². The van der Waals surface area contributed by atoms with E-state index < -0.39 is 0 Å². The van der Waals surface area contributed by atoms with Gasteiger partial charge in [0.05, 0.1) is 6.61 Å². The van der Waals surface area contributed by atoms with Crippen LogP contribution in [0.2, 0.25) is 0 Å². The van der Waals surface area contributed by atoms with Crippen molar-refractivity contribution in [3.63, 3.8) is 0 Å². The third kappa shape index (κ3) is 5.86. The molecular formula is C27H30F2N2O. The molecule has 2 N–H and O–H groups in total. The molecule has 168 valence electrons. The average Bonchev–Trinajstić information content (AvgIpc) is 2.81. The third-order valence-corrected chi connectivity index (χ3v) is 6.33. The van der Waals surface area contributed by atoms with Crippen LogP contribution in [0, 0.1) is 17.6 Å². The first-order chi connectivity index (χ1) is 15.6. The monoisotopic (exact) mass is 436 g/mol. The van der Waals surface area contributed by atoms with E-state index in [9.17, 15) is 8.78 Å². The summed E-state index contributed by atoms with van der Waals surface area (Å²) in [5.74, 6) is 0.963. The molecule has 0 aromatic heterocycles. The van der Waals surface area contributed by atoms with E-state index in [2.05, 4.69) is 4.90 Å². The molecule has 0 saturated carbocycles. The Morgan fingerprint density at radius 2 is 1.34 bits per heavy atom. The molecule has 32 heavy (non-hydrogen) atoms. The second-order valence-corrected chi connectivity index (χ2v) is 8.53. The predicted molar refractivity (Wildman–Crippen MR) is 125 cm³/mol. The molecule has 0 aliphatic carbocycles. The summed E-state index contributed by atoms with van der Waals surface area (Å²) >= 11 is 0. The summed E-state index contributed by atoms with van der Waals surface area (Å²) in [4.78, 5) is 2.48. The van der Waals surface area contributed by atoms with Gasteiger partial charge in [0.15, 0.2) is 0 Å². The number of nitrogens with two attached hydrogens (primary N) is 1. The first-order valence-electron chi connectivity index (χ1n) is 11.3. The molecule has 0 amide bonds. The van der Waals surface area contributed by atoms with Gasteiger partial charge in [0, 0.05) is 18.2 Å². The first-order valence-corrected chi connectivity index (χ1v) is 11.3. The van der Waals surface area contributed by atoms with Gasteiger partial charge < -0.3 is 15.4 Å². The summed E-state index contributed by atoms with van der Waals surface area (Å²) < 4.78 is 32.8. The number of piperidine rings is 1. The second-order valence-electron chi connectivity index (χ2n) is 8.53. The molecule has 0 spiro atoms. The second kappa shape index (κ2) is 10.6. The highest BCUT2D eigenvalue weighted by atomic mass is 19.1. The van der Waals surface area contributed by atoms with Crippen LogP contribution in [-0.2, 0) is 0 Å². The molecule has 3 nitrogen and oxygen atoms in total. The van der Waals surface area contributed by atoms with Crippen molar-refractivity contribution >= 4 is 5.69 Å². The lowest BCUT2D eigenvalue weighted by Crippen LogP contribution is -2.36. The lowest BCUT2D eigenvalue weighted by atomic mass is 9.76. The van der Waals surface area contributed by atoms with Gasteiger partial charge in [-0.2, -0.15) is 0 Å². The van der Waals surface area contributed by atoms with Crippen LogP contribution in [0.4, 0.5) is 14.5 Å². The molecule has 0 radical (unpaired) electrons. The van der Waals surface area contributed by atoms with E-state index >= 15 is 0 Å². The van der Waals surface area contributed by atoms with E-state index in [0.717, 1.165) is 61.5 Å². The van der Waals surface area contributed by atoms with Crippen molar-refractivity contribution in [3.05, 3.63) is 95.6 Å².